The van der Waals surface area contributed by atoms with Crippen molar-refractivity contribution in [3.8, 4) is 5.75 Å². The summed E-state index contributed by atoms with van der Waals surface area (Å²) in [6, 6.07) is 11.4. The lowest BCUT2D eigenvalue weighted by molar-refractivity contribution is 0.199. The molecule has 0 aliphatic rings. The van der Waals surface area contributed by atoms with Gasteiger partial charge in [0.2, 0.25) is 0 Å². The maximum atomic E-state index is 9.41. The van der Waals surface area contributed by atoms with Gasteiger partial charge in [-0.05, 0) is 43.2 Å². The molecule has 0 aliphatic heterocycles. The Labute approximate surface area is 107 Å². The molecule has 1 N–H and O–H groups in total. The first kappa shape index (κ1) is 12.6. The number of aryl methyl sites for hydroxylation is 1. The minimum Gasteiger partial charge on any atom is -0.487 e. The van der Waals surface area contributed by atoms with E-state index in [2.05, 4.69) is 4.98 Å². The van der Waals surface area contributed by atoms with Crippen LogP contribution in [0.1, 0.15) is 29.8 Å². The summed E-state index contributed by atoms with van der Waals surface area (Å²) < 4.78 is 5.66. The first-order chi connectivity index (χ1) is 8.66. The van der Waals surface area contributed by atoms with E-state index >= 15 is 0 Å². The smallest absolute Gasteiger partial charge is 0.130 e. The van der Waals surface area contributed by atoms with Gasteiger partial charge < -0.3 is 9.84 Å². The quantitative estimate of drug-likeness (QED) is 0.897. The highest BCUT2D eigenvalue weighted by Gasteiger charge is 2.02. The molecule has 0 unspecified atom stereocenters. The Morgan fingerprint density at radius 3 is 2.56 bits per heavy atom. The molecule has 0 radical (unpaired) electrons. The molecule has 0 spiro atoms. The van der Waals surface area contributed by atoms with Gasteiger partial charge in [-0.25, -0.2) is 0 Å². The average Bonchev–Trinajstić information content (AvgIpc) is 2.38. The van der Waals surface area contributed by atoms with Gasteiger partial charge in [-0.2, -0.15) is 0 Å². The van der Waals surface area contributed by atoms with E-state index in [4.69, 9.17) is 4.74 Å². The van der Waals surface area contributed by atoms with Crippen molar-refractivity contribution < 1.29 is 9.84 Å². The van der Waals surface area contributed by atoms with Gasteiger partial charge in [0.1, 0.15) is 12.4 Å². The van der Waals surface area contributed by atoms with E-state index in [0.717, 1.165) is 22.6 Å². The van der Waals surface area contributed by atoms with Gasteiger partial charge in [0.05, 0.1) is 11.8 Å². The third-order valence-electron chi connectivity index (χ3n) is 2.86. The Morgan fingerprint density at radius 1 is 1.22 bits per heavy atom. The fourth-order valence-electron chi connectivity index (χ4n) is 1.66. The van der Waals surface area contributed by atoms with E-state index in [1.54, 1.807) is 13.1 Å². The Bertz CT molecular complexity index is 506. The van der Waals surface area contributed by atoms with Crippen LogP contribution in [0, 0.1) is 6.92 Å². The van der Waals surface area contributed by atoms with Crippen molar-refractivity contribution in [2.45, 2.75) is 26.6 Å². The summed E-state index contributed by atoms with van der Waals surface area (Å²) in [4.78, 5) is 4.27. The van der Waals surface area contributed by atoms with Crippen LogP contribution in [0.2, 0.25) is 0 Å². The second kappa shape index (κ2) is 5.65. The number of pyridine rings is 1. The Kier molecular flexibility index (Phi) is 3.95. The Morgan fingerprint density at radius 2 is 1.94 bits per heavy atom. The maximum Gasteiger partial charge on any atom is 0.130 e. The average molecular weight is 243 g/mol. The number of aliphatic hydroxyl groups is 1. The molecule has 0 fully saturated rings. The minimum absolute atomic E-state index is 0.447. The van der Waals surface area contributed by atoms with Gasteiger partial charge in [-0.3, -0.25) is 4.98 Å². The van der Waals surface area contributed by atoms with E-state index in [-0.39, 0.29) is 0 Å². The molecule has 0 bridgehead atoms. The fraction of sp³-hybridized carbons (Fsp3) is 0.267. The van der Waals surface area contributed by atoms with Crippen molar-refractivity contribution >= 4 is 0 Å². The molecule has 94 valence electrons. The summed E-state index contributed by atoms with van der Waals surface area (Å²) in [5.74, 6) is 0.782. The monoisotopic (exact) mass is 243 g/mol. The SMILES string of the molecule is Cc1cccnc1COc1ccc([C@@H](C)O)cc1. The topological polar surface area (TPSA) is 42.4 Å². The highest BCUT2D eigenvalue weighted by Crippen LogP contribution is 2.18. The fourth-order valence-corrected chi connectivity index (χ4v) is 1.66. The molecule has 1 aromatic heterocycles. The van der Waals surface area contributed by atoms with Gasteiger partial charge in [-0.1, -0.05) is 18.2 Å². The van der Waals surface area contributed by atoms with Gasteiger partial charge in [0, 0.05) is 6.20 Å². The van der Waals surface area contributed by atoms with Gasteiger partial charge >= 0.3 is 0 Å². The van der Waals surface area contributed by atoms with Crippen molar-refractivity contribution in [2.24, 2.45) is 0 Å². The van der Waals surface area contributed by atoms with E-state index in [9.17, 15) is 5.11 Å². The van der Waals surface area contributed by atoms with Gasteiger partial charge in [0.15, 0.2) is 0 Å². The lowest BCUT2D eigenvalue weighted by Crippen LogP contribution is -2.00. The van der Waals surface area contributed by atoms with Gasteiger partial charge in [0.25, 0.3) is 0 Å². The molecule has 2 aromatic rings. The predicted octanol–water partition coefficient (Wildman–Crippen LogP) is 3.02. The molecule has 0 saturated carbocycles. The number of hydrogen-bond donors (Lipinski definition) is 1. The standard InChI is InChI=1S/C15H17NO2/c1-11-4-3-9-16-15(11)10-18-14-7-5-13(6-8-14)12(2)17/h3-9,12,17H,10H2,1-2H3/t12-/m1/s1. The Balaban J connectivity index is 2.00. The number of aliphatic hydroxyl groups excluding tert-OH is 1. The summed E-state index contributed by atoms with van der Waals surface area (Å²) in [6.07, 6.45) is 1.32. The van der Waals surface area contributed by atoms with Gasteiger partial charge in [-0.15, -0.1) is 0 Å². The molecule has 2 rings (SSSR count). The van der Waals surface area contributed by atoms with E-state index in [0.29, 0.717) is 6.61 Å². The summed E-state index contributed by atoms with van der Waals surface area (Å²) in [5.41, 5.74) is 2.95. The van der Waals surface area contributed by atoms with Crippen LogP contribution in [0.15, 0.2) is 42.6 Å². The molecule has 1 atom stereocenters. The molecular formula is C15H17NO2. The van der Waals surface area contributed by atoms with E-state index < -0.39 is 6.10 Å². The molecule has 0 amide bonds. The van der Waals surface area contributed by atoms with Crippen molar-refractivity contribution in [3.05, 3.63) is 59.4 Å². The molecule has 0 saturated heterocycles. The zero-order chi connectivity index (χ0) is 13.0. The number of aromatic nitrogens is 1. The first-order valence-electron chi connectivity index (χ1n) is 5.98. The zero-order valence-electron chi connectivity index (χ0n) is 10.6. The molecule has 3 nitrogen and oxygen atoms in total. The first-order valence-corrected chi connectivity index (χ1v) is 5.98. The van der Waals surface area contributed by atoms with Crippen LogP contribution in [-0.2, 0) is 6.61 Å². The zero-order valence-corrected chi connectivity index (χ0v) is 10.6. The highest BCUT2D eigenvalue weighted by atomic mass is 16.5. The van der Waals surface area contributed by atoms with Crippen molar-refractivity contribution in [1.29, 1.82) is 0 Å². The number of nitrogens with zero attached hydrogens (tertiary/aromatic N) is 1. The van der Waals surface area contributed by atoms with E-state index in [1.165, 1.54) is 0 Å². The third-order valence-corrected chi connectivity index (χ3v) is 2.86. The van der Waals surface area contributed by atoms with Crippen LogP contribution in [-0.4, -0.2) is 10.1 Å². The second-order valence-electron chi connectivity index (χ2n) is 4.30. The number of hydrogen-bond acceptors (Lipinski definition) is 3. The number of rotatable bonds is 4. The van der Waals surface area contributed by atoms with Crippen LogP contribution in [0.3, 0.4) is 0 Å². The second-order valence-corrected chi connectivity index (χ2v) is 4.30. The number of ether oxygens (including phenoxy) is 1. The van der Waals surface area contributed by atoms with Crippen molar-refractivity contribution in [1.82, 2.24) is 4.98 Å². The summed E-state index contributed by atoms with van der Waals surface area (Å²) in [6.45, 7) is 4.22. The molecule has 3 heteroatoms. The summed E-state index contributed by atoms with van der Waals surface area (Å²) in [5, 5.41) is 9.41. The molecule has 1 aromatic carbocycles. The lowest BCUT2D eigenvalue weighted by atomic mass is 10.1. The highest BCUT2D eigenvalue weighted by molar-refractivity contribution is 5.28. The molecule has 18 heavy (non-hydrogen) atoms. The molecular weight excluding hydrogens is 226 g/mol. The molecule has 0 aliphatic carbocycles. The normalized spacial score (nSPS) is 12.2. The van der Waals surface area contributed by atoms with Crippen LogP contribution in [0.4, 0.5) is 0 Å². The van der Waals surface area contributed by atoms with Crippen molar-refractivity contribution in [2.75, 3.05) is 0 Å². The summed E-state index contributed by atoms with van der Waals surface area (Å²) in [7, 11) is 0. The van der Waals surface area contributed by atoms with Crippen LogP contribution >= 0.6 is 0 Å². The van der Waals surface area contributed by atoms with Crippen LogP contribution < -0.4 is 4.74 Å². The van der Waals surface area contributed by atoms with Crippen LogP contribution in [0.5, 0.6) is 5.75 Å². The number of benzene rings is 1. The lowest BCUT2D eigenvalue weighted by Gasteiger charge is -2.09. The molecule has 1 heterocycles. The van der Waals surface area contributed by atoms with E-state index in [1.807, 2.05) is 43.3 Å². The minimum atomic E-state index is -0.447. The predicted molar refractivity (Wildman–Crippen MR) is 70.4 cm³/mol. The van der Waals surface area contributed by atoms with Crippen LogP contribution in [0.25, 0.3) is 0 Å². The summed E-state index contributed by atoms with van der Waals surface area (Å²) >= 11 is 0. The largest absolute Gasteiger partial charge is 0.487 e. The van der Waals surface area contributed by atoms with Crippen molar-refractivity contribution in [3.63, 3.8) is 0 Å². The third kappa shape index (κ3) is 3.08. The Hall–Kier alpha value is -1.87. The maximum absolute atomic E-state index is 9.41.